The molecule has 196 valence electrons. The fourth-order valence-electron chi connectivity index (χ4n) is 4.03. The minimum atomic E-state index is -0.616. The summed E-state index contributed by atoms with van der Waals surface area (Å²) in [7, 11) is 1.63. The van der Waals surface area contributed by atoms with Gasteiger partial charge in [0, 0.05) is 36.9 Å². The lowest BCUT2D eigenvalue weighted by atomic mass is 10.0. The summed E-state index contributed by atoms with van der Waals surface area (Å²) in [6.45, 7) is 4.37. The van der Waals surface area contributed by atoms with Crippen molar-refractivity contribution in [2.75, 3.05) is 12.9 Å². The number of nitrogens with zero attached hydrogens (tertiary/aromatic N) is 1. The Labute approximate surface area is 225 Å². The van der Waals surface area contributed by atoms with Crippen LogP contribution in [0.2, 0.25) is 0 Å². The third-order valence-corrected chi connectivity index (χ3v) is 7.36. The molecule has 0 aliphatic heterocycles. The van der Waals surface area contributed by atoms with Crippen LogP contribution in [0.4, 0.5) is 0 Å². The highest BCUT2D eigenvalue weighted by molar-refractivity contribution is 7.98. The smallest absolute Gasteiger partial charge is 0.243 e. The summed E-state index contributed by atoms with van der Waals surface area (Å²) >= 11 is 1.73. The quantitative estimate of drug-likeness (QED) is 0.271. The number of methoxy groups -OCH3 is 1. The predicted molar refractivity (Wildman–Crippen MR) is 153 cm³/mol. The Balaban J connectivity index is 1.82. The van der Waals surface area contributed by atoms with E-state index in [2.05, 4.69) is 17.4 Å². The molecule has 0 heterocycles. The zero-order valence-corrected chi connectivity index (χ0v) is 22.9. The summed E-state index contributed by atoms with van der Waals surface area (Å²) in [5, 5.41) is 3.12. The van der Waals surface area contributed by atoms with Gasteiger partial charge in [-0.25, -0.2) is 0 Å². The molecule has 0 aliphatic rings. The Morgan fingerprint density at radius 2 is 1.57 bits per heavy atom. The summed E-state index contributed by atoms with van der Waals surface area (Å²) in [4.78, 5) is 29.0. The molecule has 37 heavy (non-hydrogen) atoms. The highest BCUT2D eigenvalue weighted by Crippen LogP contribution is 2.20. The van der Waals surface area contributed by atoms with Gasteiger partial charge in [0.2, 0.25) is 11.8 Å². The molecule has 0 aromatic heterocycles. The second-order valence-corrected chi connectivity index (χ2v) is 10.3. The van der Waals surface area contributed by atoms with Crippen molar-refractivity contribution in [2.24, 2.45) is 0 Å². The Kier molecular flexibility index (Phi) is 11.6. The van der Waals surface area contributed by atoms with E-state index >= 15 is 0 Å². The number of amides is 2. The summed E-state index contributed by atoms with van der Waals surface area (Å²) in [6, 6.07) is 27.3. The lowest BCUT2D eigenvalue weighted by Crippen LogP contribution is -2.52. The largest absolute Gasteiger partial charge is 0.497 e. The van der Waals surface area contributed by atoms with Gasteiger partial charge in [0.25, 0.3) is 0 Å². The maximum Gasteiger partial charge on any atom is 0.243 e. The number of hydrogen-bond donors (Lipinski definition) is 1. The predicted octanol–water partition coefficient (Wildman–Crippen LogP) is 5.87. The molecule has 3 rings (SSSR count). The highest BCUT2D eigenvalue weighted by atomic mass is 32.2. The van der Waals surface area contributed by atoms with Gasteiger partial charge in [0.05, 0.1) is 7.11 Å². The number of carbonyl (C=O) groups is 2. The average molecular weight is 519 g/mol. The van der Waals surface area contributed by atoms with E-state index in [0.29, 0.717) is 25.1 Å². The van der Waals surface area contributed by atoms with Gasteiger partial charge in [-0.05, 0) is 42.2 Å². The number of rotatable bonds is 14. The van der Waals surface area contributed by atoms with Gasteiger partial charge in [-0.3, -0.25) is 9.59 Å². The number of benzene rings is 3. The molecular weight excluding hydrogens is 480 g/mol. The lowest BCUT2D eigenvalue weighted by molar-refractivity contribution is -0.141. The van der Waals surface area contributed by atoms with Crippen LogP contribution >= 0.6 is 11.8 Å². The Bertz CT molecular complexity index is 1110. The van der Waals surface area contributed by atoms with Crippen LogP contribution in [0.3, 0.4) is 0 Å². The summed E-state index contributed by atoms with van der Waals surface area (Å²) in [6.07, 6.45) is 1.64. The molecule has 0 aliphatic carbocycles. The molecule has 0 spiro atoms. The molecule has 0 saturated carbocycles. The monoisotopic (exact) mass is 518 g/mol. The maximum absolute atomic E-state index is 13.7. The third-order valence-electron chi connectivity index (χ3n) is 6.33. The number of hydrogen-bond acceptors (Lipinski definition) is 4. The van der Waals surface area contributed by atoms with E-state index in [9.17, 15) is 9.59 Å². The highest BCUT2D eigenvalue weighted by Gasteiger charge is 2.30. The fourth-order valence-corrected chi connectivity index (χ4v) is 4.92. The van der Waals surface area contributed by atoms with Gasteiger partial charge in [0.1, 0.15) is 11.8 Å². The summed E-state index contributed by atoms with van der Waals surface area (Å²) in [5.74, 6) is 2.13. The summed E-state index contributed by atoms with van der Waals surface area (Å²) in [5.41, 5.74) is 3.19. The first-order valence-electron chi connectivity index (χ1n) is 12.9. The van der Waals surface area contributed by atoms with Crippen LogP contribution in [0.15, 0.2) is 84.9 Å². The molecule has 3 aromatic rings. The molecule has 1 N–H and O–H groups in total. The minimum Gasteiger partial charge on any atom is -0.497 e. The van der Waals surface area contributed by atoms with E-state index in [0.717, 1.165) is 29.1 Å². The Hall–Kier alpha value is -3.25. The second-order valence-electron chi connectivity index (χ2n) is 9.18. The zero-order valence-electron chi connectivity index (χ0n) is 22.1. The van der Waals surface area contributed by atoms with Crippen LogP contribution < -0.4 is 10.1 Å². The average Bonchev–Trinajstić information content (AvgIpc) is 2.94. The van der Waals surface area contributed by atoms with Crippen LogP contribution in [0.1, 0.15) is 43.4 Å². The molecule has 0 fully saturated rings. The third kappa shape index (κ3) is 9.29. The topological polar surface area (TPSA) is 58.6 Å². The maximum atomic E-state index is 13.7. The molecular formula is C31H38N2O3S. The van der Waals surface area contributed by atoms with Gasteiger partial charge < -0.3 is 15.0 Å². The van der Waals surface area contributed by atoms with Gasteiger partial charge in [-0.15, -0.1) is 0 Å². The van der Waals surface area contributed by atoms with E-state index < -0.39 is 6.04 Å². The van der Waals surface area contributed by atoms with Crippen LogP contribution in [0.5, 0.6) is 5.75 Å². The molecule has 0 radical (unpaired) electrons. The number of nitrogens with one attached hydrogen (secondary N) is 1. The van der Waals surface area contributed by atoms with Gasteiger partial charge >= 0.3 is 0 Å². The SMILES string of the molecule is CC[C@H](C)NC(=O)[C@@H](Cc1ccccc1)N(Cc1cccc(OC)c1)C(=O)CCSCc1ccccc1. The van der Waals surface area contributed by atoms with E-state index in [4.69, 9.17) is 4.74 Å². The van der Waals surface area contributed by atoms with Crippen molar-refractivity contribution >= 4 is 23.6 Å². The lowest BCUT2D eigenvalue weighted by Gasteiger charge is -2.32. The molecule has 3 aromatic carbocycles. The normalized spacial score (nSPS) is 12.4. The molecule has 5 nitrogen and oxygen atoms in total. The molecule has 6 heteroatoms. The van der Waals surface area contributed by atoms with Gasteiger partial charge in [-0.1, -0.05) is 79.7 Å². The number of thioether (sulfide) groups is 1. The Morgan fingerprint density at radius 1 is 0.919 bits per heavy atom. The van der Waals surface area contributed by atoms with Crippen molar-refractivity contribution in [1.29, 1.82) is 0 Å². The first kappa shape index (κ1) is 28.3. The number of ether oxygens (including phenoxy) is 1. The van der Waals surface area contributed by atoms with Crippen LogP contribution in [-0.2, 0) is 28.3 Å². The van der Waals surface area contributed by atoms with Crippen LogP contribution in [-0.4, -0.2) is 41.7 Å². The molecule has 2 atom stereocenters. The minimum absolute atomic E-state index is 0.0244. The first-order chi connectivity index (χ1) is 18.0. The summed E-state index contributed by atoms with van der Waals surface area (Å²) < 4.78 is 5.40. The van der Waals surface area contributed by atoms with Crippen molar-refractivity contribution in [2.45, 2.75) is 57.5 Å². The van der Waals surface area contributed by atoms with E-state index in [1.807, 2.05) is 86.6 Å². The van der Waals surface area contributed by atoms with Crippen LogP contribution in [0, 0.1) is 0 Å². The van der Waals surface area contributed by atoms with Crippen molar-refractivity contribution in [3.63, 3.8) is 0 Å². The Morgan fingerprint density at radius 3 is 2.22 bits per heavy atom. The number of carbonyl (C=O) groups excluding carboxylic acids is 2. The first-order valence-corrected chi connectivity index (χ1v) is 14.0. The van der Waals surface area contributed by atoms with Gasteiger partial charge in [-0.2, -0.15) is 11.8 Å². The second kappa shape index (κ2) is 15.1. The standard InChI is InChI=1S/C31H38N2O3S/c1-4-24(2)32-31(35)29(21-25-12-7-5-8-13-25)33(22-27-16-11-17-28(20-27)36-3)30(34)18-19-37-23-26-14-9-6-10-15-26/h5-17,20,24,29H,4,18-19,21-23H2,1-3H3,(H,32,35)/t24-,29+/m0/s1. The molecule has 0 saturated heterocycles. The van der Waals surface area contributed by atoms with E-state index in [-0.39, 0.29) is 17.9 Å². The van der Waals surface area contributed by atoms with Crippen molar-refractivity contribution in [3.05, 3.63) is 102 Å². The molecule has 0 bridgehead atoms. The van der Waals surface area contributed by atoms with E-state index in [1.165, 1.54) is 5.56 Å². The van der Waals surface area contributed by atoms with Gasteiger partial charge in [0.15, 0.2) is 0 Å². The zero-order chi connectivity index (χ0) is 26.5. The molecule has 2 amide bonds. The van der Waals surface area contributed by atoms with Crippen molar-refractivity contribution in [1.82, 2.24) is 10.2 Å². The molecule has 0 unspecified atom stereocenters. The van der Waals surface area contributed by atoms with Crippen molar-refractivity contribution in [3.8, 4) is 5.75 Å². The van der Waals surface area contributed by atoms with Crippen LogP contribution in [0.25, 0.3) is 0 Å². The van der Waals surface area contributed by atoms with E-state index in [1.54, 1.807) is 23.8 Å². The van der Waals surface area contributed by atoms with Crippen molar-refractivity contribution < 1.29 is 14.3 Å². The fraction of sp³-hybridized carbons (Fsp3) is 0.355.